The molecule has 0 spiro atoms. The van der Waals surface area contributed by atoms with Crippen molar-refractivity contribution in [3.8, 4) is 0 Å². The second-order valence-corrected chi connectivity index (χ2v) is 5.45. The molecule has 0 aliphatic rings. The number of carbonyl (C=O) groups excluding carboxylic acids is 1. The fraction of sp³-hybridized carbons (Fsp3) is 0.263. The van der Waals surface area contributed by atoms with Crippen molar-refractivity contribution in [3.05, 3.63) is 71.8 Å². The Kier molecular flexibility index (Phi) is 10.3. The second-order valence-electron chi connectivity index (χ2n) is 5.45. The molecule has 0 saturated carbocycles. The van der Waals surface area contributed by atoms with Crippen LogP contribution in [-0.2, 0) is 17.6 Å². The van der Waals surface area contributed by atoms with Gasteiger partial charge in [0.25, 0.3) is 0 Å². The van der Waals surface area contributed by atoms with Crippen LogP contribution in [0.2, 0.25) is 0 Å². The van der Waals surface area contributed by atoms with Crippen molar-refractivity contribution in [1.29, 1.82) is 0 Å². The van der Waals surface area contributed by atoms with E-state index >= 15 is 0 Å². The third-order valence-corrected chi connectivity index (χ3v) is 3.53. The molecular formula is C19H25IN4O. The zero-order valence-electron chi connectivity index (χ0n) is 14.2. The third-order valence-electron chi connectivity index (χ3n) is 3.53. The Hall–Kier alpha value is -2.09. The van der Waals surface area contributed by atoms with Crippen molar-refractivity contribution in [2.75, 3.05) is 19.6 Å². The predicted molar refractivity (Wildman–Crippen MR) is 113 cm³/mol. The maximum atomic E-state index is 11.7. The number of guanidine groups is 1. The van der Waals surface area contributed by atoms with Crippen LogP contribution in [0, 0.1) is 0 Å². The summed E-state index contributed by atoms with van der Waals surface area (Å²) in [6.07, 6.45) is 1.67. The molecule has 5 nitrogen and oxygen atoms in total. The van der Waals surface area contributed by atoms with Gasteiger partial charge < -0.3 is 16.4 Å². The lowest BCUT2D eigenvalue weighted by molar-refractivity contribution is -0.119. The van der Waals surface area contributed by atoms with Gasteiger partial charge in [0.15, 0.2) is 5.96 Å². The number of halogens is 1. The van der Waals surface area contributed by atoms with Crippen LogP contribution in [0.5, 0.6) is 0 Å². The van der Waals surface area contributed by atoms with Gasteiger partial charge in [0.2, 0.25) is 5.91 Å². The van der Waals surface area contributed by atoms with Crippen LogP contribution >= 0.6 is 24.0 Å². The number of nitrogens with zero attached hydrogens (tertiary/aromatic N) is 1. The molecule has 0 bridgehead atoms. The number of carbonyl (C=O) groups is 1. The average Bonchev–Trinajstić information content (AvgIpc) is 2.62. The van der Waals surface area contributed by atoms with E-state index in [9.17, 15) is 4.79 Å². The number of nitrogens with two attached hydrogens (primary N) is 1. The molecule has 0 aliphatic heterocycles. The molecule has 0 atom stereocenters. The van der Waals surface area contributed by atoms with Gasteiger partial charge in [0.05, 0.1) is 0 Å². The summed E-state index contributed by atoms with van der Waals surface area (Å²) in [5.74, 6) is 0.169. The standard InChI is InChI=1S/C19H24N4O.HI/c20-19(22-14-12-17-9-5-2-6-10-17)23-15-18(24)21-13-11-16-7-3-1-4-8-16;/h1-10H,11-15H2,(H,21,24)(H3,20,22,23);1H. The summed E-state index contributed by atoms with van der Waals surface area (Å²) in [4.78, 5) is 15.8. The lowest BCUT2D eigenvalue weighted by Gasteiger charge is -2.06. The van der Waals surface area contributed by atoms with Gasteiger partial charge in [-0.2, -0.15) is 0 Å². The van der Waals surface area contributed by atoms with Gasteiger partial charge in [0, 0.05) is 13.1 Å². The van der Waals surface area contributed by atoms with Gasteiger partial charge in [-0.3, -0.25) is 4.79 Å². The largest absolute Gasteiger partial charge is 0.370 e. The van der Waals surface area contributed by atoms with E-state index in [1.165, 1.54) is 11.1 Å². The van der Waals surface area contributed by atoms with E-state index in [2.05, 4.69) is 27.8 Å². The van der Waals surface area contributed by atoms with Crippen LogP contribution < -0.4 is 16.4 Å². The van der Waals surface area contributed by atoms with Crippen LogP contribution in [0.25, 0.3) is 0 Å². The van der Waals surface area contributed by atoms with E-state index in [0.29, 0.717) is 19.0 Å². The number of hydrogen-bond acceptors (Lipinski definition) is 2. The first-order valence-corrected chi connectivity index (χ1v) is 8.12. The topological polar surface area (TPSA) is 79.5 Å². The molecule has 0 heterocycles. The monoisotopic (exact) mass is 452 g/mol. The minimum atomic E-state index is -0.126. The molecule has 6 heteroatoms. The quantitative estimate of drug-likeness (QED) is 0.326. The number of aliphatic imine (C=N–C) groups is 1. The molecule has 1 amide bonds. The molecule has 0 fully saturated rings. The normalized spacial score (nSPS) is 10.6. The van der Waals surface area contributed by atoms with Crippen molar-refractivity contribution in [2.24, 2.45) is 10.7 Å². The number of hydrogen-bond donors (Lipinski definition) is 3. The van der Waals surface area contributed by atoms with Gasteiger partial charge in [-0.05, 0) is 24.0 Å². The minimum absolute atomic E-state index is 0. The maximum absolute atomic E-state index is 11.7. The summed E-state index contributed by atoms with van der Waals surface area (Å²) >= 11 is 0. The summed E-state index contributed by atoms with van der Waals surface area (Å²) in [5, 5.41) is 5.86. The summed E-state index contributed by atoms with van der Waals surface area (Å²) in [5.41, 5.74) is 8.20. The molecule has 134 valence electrons. The Morgan fingerprint density at radius 2 is 1.32 bits per heavy atom. The number of benzene rings is 2. The van der Waals surface area contributed by atoms with Crippen LogP contribution in [0.1, 0.15) is 11.1 Å². The lowest BCUT2D eigenvalue weighted by atomic mass is 10.1. The van der Waals surface area contributed by atoms with Gasteiger partial charge in [-0.15, -0.1) is 24.0 Å². The van der Waals surface area contributed by atoms with Crippen molar-refractivity contribution < 1.29 is 4.79 Å². The van der Waals surface area contributed by atoms with Crippen LogP contribution in [-0.4, -0.2) is 31.5 Å². The molecule has 0 radical (unpaired) electrons. The van der Waals surface area contributed by atoms with Crippen molar-refractivity contribution in [3.63, 3.8) is 0 Å². The average molecular weight is 452 g/mol. The van der Waals surface area contributed by atoms with E-state index in [1.807, 2.05) is 48.5 Å². The van der Waals surface area contributed by atoms with Crippen LogP contribution in [0.4, 0.5) is 0 Å². The summed E-state index contributed by atoms with van der Waals surface area (Å²) in [6.45, 7) is 1.33. The molecule has 2 aromatic rings. The highest BCUT2D eigenvalue weighted by atomic mass is 127. The highest BCUT2D eigenvalue weighted by Crippen LogP contribution is 1.98. The van der Waals surface area contributed by atoms with E-state index in [-0.39, 0.29) is 36.4 Å². The number of amides is 1. The van der Waals surface area contributed by atoms with Gasteiger partial charge in [0.1, 0.15) is 6.54 Å². The fourth-order valence-corrected chi connectivity index (χ4v) is 2.24. The van der Waals surface area contributed by atoms with E-state index in [4.69, 9.17) is 5.73 Å². The molecule has 2 rings (SSSR count). The van der Waals surface area contributed by atoms with Crippen LogP contribution in [0.15, 0.2) is 65.7 Å². The molecule has 0 aromatic heterocycles. The third kappa shape index (κ3) is 9.09. The number of nitrogens with one attached hydrogen (secondary N) is 2. The Morgan fingerprint density at radius 3 is 1.84 bits per heavy atom. The molecule has 25 heavy (non-hydrogen) atoms. The Labute approximate surface area is 166 Å². The minimum Gasteiger partial charge on any atom is -0.370 e. The van der Waals surface area contributed by atoms with Gasteiger partial charge in [-0.1, -0.05) is 60.7 Å². The zero-order chi connectivity index (χ0) is 17.0. The van der Waals surface area contributed by atoms with Crippen LogP contribution in [0.3, 0.4) is 0 Å². The molecular weight excluding hydrogens is 427 g/mol. The lowest BCUT2D eigenvalue weighted by Crippen LogP contribution is -2.35. The van der Waals surface area contributed by atoms with Gasteiger partial charge in [-0.25, -0.2) is 4.99 Å². The summed E-state index contributed by atoms with van der Waals surface area (Å²) in [6, 6.07) is 20.2. The maximum Gasteiger partial charge on any atom is 0.241 e. The van der Waals surface area contributed by atoms with Crippen molar-refractivity contribution in [1.82, 2.24) is 10.6 Å². The molecule has 0 saturated heterocycles. The molecule has 0 unspecified atom stereocenters. The Morgan fingerprint density at radius 1 is 0.840 bits per heavy atom. The first kappa shape index (κ1) is 21.0. The van der Waals surface area contributed by atoms with Gasteiger partial charge >= 0.3 is 0 Å². The van der Waals surface area contributed by atoms with E-state index in [1.54, 1.807) is 0 Å². The van der Waals surface area contributed by atoms with E-state index in [0.717, 1.165) is 12.8 Å². The highest BCUT2D eigenvalue weighted by molar-refractivity contribution is 14.0. The van der Waals surface area contributed by atoms with E-state index < -0.39 is 0 Å². The number of rotatable bonds is 8. The highest BCUT2D eigenvalue weighted by Gasteiger charge is 2.00. The molecule has 0 aliphatic carbocycles. The van der Waals surface area contributed by atoms with Crippen molar-refractivity contribution in [2.45, 2.75) is 12.8 Å². The Balaban J connectivity index is 0.00000312. The fourth-order valence-electron chi connectivity index (χ4n) is 2.24. The van der Waals surface area contributed by atoms with Crippen molar-refractivity contribution >= 4 is 35.8 Å². The Bertz CT molecular complexity index is 647. The first-order valence-electron chi connectivity index (χ1n) is 8.12. The summed E-state index contributed by atoms with van der Waals surface area (Å²) in [7, 11) is 0. The molecule has 4 N–H and O–H groups in total. The molecule has 2 aromatic carbocycles. The zero-order valence-corrected chi connectivity index (χ0v) is 16.5. The second kappa shape index (κ2) is 12.3. The SMILES string of the molecule is I.NC(=NCC(=O)NCCc1ccccc1)NCCc1ccccc1. The summed E-state index contributed by atoms with van der Waals surface area (Å²) < 4.78 is 0. The predicted octanol–water partition coefficient (Wildman–Crippen LogP) is 2.11. The smallest absolute Gasteiger partial charge is 0.241 e. The first-order chi connectivity index (χ1) is 11.7.